The van der Waals surface area contributed by atoms with E-state index in [0.717, 1.165) is 19.3 Å². The van der Waals surface area contributed by atoms with Gasteiger partial charge < -0.3 is 6.08 Å². The van der Waals surface area contributed by atoms with Crippen LogP contribution < -0.4 is 18.9 Å². The molecule has 0 bridgehead atoms. The van der Waals surface area contributed by atoms with Crippen LogP contribution in [0.1, 0.15) is 19.3 Å². The third-order valence-electron chi connectivity index (χ3n) is 1.12. The van der Waals surface area contributed by atoms with Gasteiger partial charge in [0.1, 0.15) is 8.07 Å². The van der Waals surface area contributed by atoms with Gasteiger partial charge in [-0.15, -0.1) is 11.5 Å². The summed E-state index contributed by atoms with van der Waals surface area (Å²) in [6.07, 6.45) is 5.95. The molecule has 0 aromatic rings. The van der Waals surface area contributed by atoms with Crippen LogP contribution in [0.3, 0.4) is 0 Å². The quantitative estimate of drug-likeness (QED) is 0.244. The minimum atomic E-state index is -1.11. The summed E-state index contributed by atoms with van der Waals surface area (Å²) in [6.45, 7) is 10.3. The molecule has 0 unspecified atom stereocenters. The third kappa shape index (κ3) is 12.8. The molecule has 0 N–H and O–H groups in total. The Hall–Kier alpha value is 0.114. The molecular formula is C10H17LiSi. The molecule has 0 aliphatic rings. The van der Waals surface area contributed by atoms with Crippen LogP contribution >= 0.6 is 0 Å². The van der Waals surface area contributed by atoms with Gasteiger partial charge in [0.05, 0.1) is 0 Å². The second-order valence-corrected chi connectivity index (χ2v) is 8.41. The van der Waals surface area contributed by atoms with Crippen molar-refractivity contribution >= 4 is 8.07 Å². The second kappa shape index (κ2) is 7.75. The van der Waals surface area contributed by atoms with E-state index in [4.69, 9.17) is 0 Å². The van der Waals surface area contributed by atoms with E-state index in [1.165, 1.54) is 0 Å². The molecule has 0 nitrogen and oxygen atoms in total. The standard InChI is InChI=1S/C10H17Si.Li/c1-5-6-7-8-9-10-11(2,3)4;/h1,6-8H2,2-4H3;/q-1;+1. The van der Waals surface area contributed by atoms with Gasteiger partial charge in [0.2, 0.25) is 0 Å². The minimum Gasteiger partial charge on any atom is -0.504 e. The molecule has 0 aromatic heterocycles. The second-order valence-electron chi connectivity index (χ2n) is 3.66. The van der Waals surface area contributed by atoms with Gasteiger partial charge in [-0.1, -0.05) is 26.1 Å². The zero-order valence-corrected chi connectivity index (χ0v) is 9.83. The zero-order chi connectivity index (χ0) is 8.74. The molecule has 0 saturated heterocycles. The van der Waals surface area contributed by atoms with E-state index in [0.29, 0.717) is 0 Å². The maximum Gasteiger partial charge on any atom is 1.00 e. The van der Waals surface area contributed by atoms with Crippen LogP contribution in [0.5, 0.6) is 0 Å². The predicted molar refractivity (Wildman–Crippen MR) is 53.8 cm³/mol. The van der Waals surface area contributed by atoms with Crippen LogP contribution in [0.4, 0.5) is 0 Å². The Morgan fingerprint density at radius 3 is 2.33 bits per heavy atom. The van der Waals surface area contributed by atoms with Crippen LogP contribution in [-0.2, 0) is 0 Å². The van der Waals surface area contributed by atoms with E-state index in [-0.39, 0.29) is 18.9 Å². The van der Waals surface area contributed by atoms with Gasteiger partial charge in [-0.3, -0.25) is 6.58 Å². The summed E-state index contributed by atoms with van der Waals surface area (Å²) >= 11 is 0. The minimum absolute atomic E-state index is 0. The first-order valence-corrected chi connectivity index (χ1v) is 7.56. The molecule has 0 rings (SSSR count). The number of allylic oxidation sites excluding steroid dienone is 1. The van der Waals surface area contributed by atoms with Crippen LogP contribution in [0.25, 0.3) is 0 Å². The molecule has 0 atom stereocenters. The summed E-state index contributed by atoms with van der Waals surface area (Å²) in [5, 5.41) is 0. The van der Waals surface area contributed by atoms with Crippen molar-refractivity contribution in [2.45, 2.75) is 38.9 Å². The summed E-state index contributed by atoms with van der Waals surface area (Å²) in [5.74, 6) is 3.20. The molecule has 2 heteroatoms. The number of unbranched alkanes of at least 4 members (excludes halogenated alkanes) is 2. The Kier molecular flexibility index (Phi) is 9.44. The van der Waals surface area contributed by atoms with E-state index in [1.807, 2.05) is 0 Å². The Bertz CT molecular complexity index is 169. The number of hydrogen-bond acceptors (Lipinski definition) is 0. The number of rotatable bonds is 3. The van der Waals surface area contributed by atoms with Crippen LogP contribution in [-0.4, -0.2) is 8.07 Å². The average Bonchev–Trinajstić information content (AvgIpc) is 1.85. The molecule has 0 heterocycles. The number of hydrogen-bond donors (Lipinski definition) is 0. The molecule has 0 aliphatic carbocycles. The van der Waals surface area contributed by atoms with Crippen LogP contribution in [0, 0.1) is 17.5 Å². The SMILES string of the molecule is C=[C-]CCCC#C[Si](C)(C)C.[Li+]. The van der Waals surface area contributed by atoms with Crippen molar-refractivity contribution in [3.8, 4) is 11.5 Å². The molecule has 0 amide bonds. The fourth-order valence-electron chi connectivity index (χ4n) is 0.629. The topological polar surface area (TPSA) is 0 Å². The Morgan fingerprint density at radius 2 is 1.92 bits per heavy atom. The first-order chi connectivity index (χ1) is 5.06. The molecule has 0 saturated carbocycles. The van der Waals surface area contributed by atoms with Crippen molar-refractivity contribution in [3.63, 3.8) is 0 Å². The Balaban J connectivity index is 0. The monoisotopic (exact) mass is 172 g/mol. The normalized spacial score (nSPS) is 9.25. The average molecular weight is 172 g/mol. The fourth-order valence-corrected chi connectivity index (χ4v) is 1.28. The Morgan fingerprint density at radius 1 is 1.33 bits per heavy atom. The van der Waals surface area contributed by atoms with Crippen molar-refractivity contribution in [1.29, 1.82) is 0 Å². The van der Waals surface area contributed by atoms with Gasteiger partial charge in [-0.25, -0.2) is 0 Å². The summed E-state index contributed by atoms with van der Waals surface area (Å²) in [4.78, 5) is 0. The van der Waals surface area contributed by atoms with Crippen molar-refractivity contribution in [1.82, 2.24) is 0 Å². The van der Waals surface area contributed by atoms with Crippen LogP contribution in [0.15, 0.2) is 6.58 Å². The van der Waals surface area contributed by atoms with Gasteiger partial charge in [0, 0.05) is 6.42 Å². The molecule has 0 aromatic carbocycles. The van der Waals surface area contributed by atoms with Gasteiger partial charge in [0.25, 0.3) is 0 Å². The third-order valence-corrected chi connectivity index (χ3v) is 2.05. The largest absolute Gasteiger partial charge is 1.00 e. The zero-order valence-electron chi connectivity index (χ0n) is 8.83. The summed E-state index contributed by atoms with van der Waals surface area (Å²) in [7, 11) is -1.11. The van der Waals surface area contributed by atoms with Crippen LogP contribution in [0.2, 0.25) is 19.6 Å². The molecular weight excluding hydrogens is 155 g/mol. The van der Waals surface area contributed by atoms with E-state index in [9.17, 15) is 0 Å². The first-order valence-electron chi connectivity index (χ1n) is 4.06. The van der Waals surface area contributed by atoms with Gasteiger partial charge >= 0.3 is 18.9 Å². The summed E-state index contributed by atoms with van der Waals surface area (Å²) < 4.78 is 0. The first kappa shape index (κ1) is 14.6. The Labute approximate surface area is 90.0 Å². The van der Waals surface area contributed by atoms with Gasteiger partial charge in [0.15, 0.2) is 0 Å². The van der Waals surface area contributed by atoms with E-state index in [1.54, 1.807) is 0 Å². The molecule has 62 valence electrons. The van der Waals surface area contributed by atoms with E-state index < -0.39 is 8.07 Å². The van der Waals surface area contributed by atoms with E-state index in [2.05, 4.69) is 43.8 Å². The maximum absolute atomic E-state index is 3.54. The molecule has 0 aliphatic heterocycles. The molecule has 0 fully saturated rings. The predicted octanol–water partition coefficient (Wildman–Crippen LogP) is 0.0307. The summed E-state index contributed by atoms with van der Waals surface area (Å²) in [5.41, 5.74) is 3.32. The van der Waals surface area contributed by atoms with Crippen molar-refractivity contribution < 1.29 is 18.9 Å². The fraction of sp³-hybridized carbons (Fsp3) is 0.600. The van der Waals surface area contributed by atoms with Crippen molar-refractivity contribution in [3.05, 3.63) is 12.7 Å². The summed E-state index contributed by atoms with van der Waals surface area (Å²) in [6, 6.07) is 0. The molecule has 0 spiro atoms. The van der Waals surface area contributed by atoms with Crippen molar-refractivity contribution in [2.24, 2.45) is 0 Å². The maximum atomic E-state index is 3.54. The smallest absolute Gasteiger partial charge is 0.504 e. The van der Waals surface area contributed by atoms with Gasteiger partial charge in [-0.2, -0.15) is 6.42 Å². The van der Waals surface area contributed by atoms with E-state index >= 15 is 0 Å². The molecule has 12 heavy (non-hydrogen) atoms. The van der Waals surface area contributed by atoms with Crippen molar-refractivity contribution in [2.75, 3.05) is 0 Å². The molecule has 0 radical (unpaired) electrons. The van der Waals surface area contributed by atoms with Gasteiger partial charge in [-0.05, 0) is 0 Å².